The van der Waals surface area contributed by atoms with Gasteiger partial charge in [-0.15, -0.1) is 0 Å². The quantitative estimate of drug-likeness (QED) is 0.890. The van der Waals surface area contributed by atoms with Gasteiger partial charge in [0.25, 0.3) is 0 Å². The Kier molecular flexibility index (Phi) is 4.63. The van der Waals surface area contributed by atoms with E-state index in [9.17, 15) is 4.79 Å². The highest BCUT2D eigenvalue weighted by molar-refractivity contribution is 6.30. The van der Waals surface area contributed by atoms with E-state index in [2.05, 4.69) is 15.7 Å². The summed E-state index contributed by atoms with van der Waals surface area (Å²) in [5.41, 5.74) is 1.96. The van der Waals surface area contributed by atoms with Crippen LogP contribution in [0.3, 0.4) is 0 Å². The first-order chi connectivity index (χ1) is 9.58. The number of aromatic nitrogens is 2. The molecule has 1 heterocycles. The molecule has 1 aromatic heterocycles. The molecule has 2 aromatic rings. The lowest BCUT2D eigenvalue weighted by Crippen LogP contribution is -2.23. The fourth-order valence-corrected chi connectivity index (χ4v) is 2.06. The van der Waals surface area contributed by atoms with E-state index in [-0.39, 0.29) is 18.5 Å². The van der Waals surface area contributed by atoms with Crippen molar-refractivity contribution in [2.24, 2.45) is 0 Å². The zero-order valence-electron chi connectivity index (χ0n) is 11.4. The number of hydrogen-bond acceptors (Lipinski definition) is 3. The molecule has 1 amide bonds. The van der Waals surface area contributed by atoms with Gasteiger partial charge in [0.1, 0.15) is 6.54 Å². The number of benzene rings is 1. The van der Waals surface area contributed by atoms with Crippen LogP contribution in [0.2, 0.25) is 5.02 Å². The van der Waals surface area contributed by atoms with E-state index < -0.39 is 0 Å². The minimum absolute atomic E-state index is 0.0810. The molecule has 106 valence electrons. The van der Waals surface area contributed by atoms with Gasteiger partial charge in [-0.05, 0) is 24.6 Å². The number of carbonyl (C=O) groups excluding carboxylic acids is 1. The average Bonchev–Trinajstić information content (AvgIpc) is 2.85. The van der Waals surface area contributed by atoms with Crippen LogP contribution in [0.25, 0.3) is 0 Å². The Morgan fingerprint density at radius 3 is 3.00 bits per heavy atom. The first-order valence-corrected chi connectivity index (χ1v) is 6.71. The number of nitrogens with one attached hydrogen (secondary N) is 2. The third-order valence-corrected chi connectivity index (χ3v) is 3.18. The number of halogens is 1. The summed E-state index contributed by atoms with van der Waals surface area (Å²) in [6.45, 7) is 2.26. The Morgan fingerprint density at radius 2 is 2.30 bits per heavy atom. The van der Waals surface area contributed by atoms with Gasteiger partial charge in [-0.3, -0.25) is 9.48 Å². The van der Waals surface area contributed by atoms with Crippen molar-refractivity contribution in [3.63, 3.8) is 0 Å². The fraction of sp³-hybridized carbons (Fsp3) is 0.286. The predicted octanol–water partition coefficient (Wildman–Crippen LogP) is 2.46. The highest BCUT2D eigenvalue weighted by Crippen LogP contribution is 2.21. The van der Waals surface area contributed by atoms with Crippen LogP contribution in [0.5, 0.6) is 0 Å². The molecule has 20 heavy (non-hydrogen) atoms. The number of hydrogen-bond donors (Lipinski definition) is 2. The van der Waals surface area contributed by atoms with Crippen molar-refractivity contribution >= 4 is 23.2 Å². The second-order valence-electron chi connectivity index (χ2n) is 4.52. The van der Waals surface area contributed by atoms with E-state index in [1.54, 1.807) is 24.1 Å². The molecule has 0 spiro atoms. The first-order valence-electron chi connectivity index (χ1n) is 6.33. The van der Waals surface area contributed by atoms with Crippen LogP contribution in [0, 0.1) is 0 Å². The maximum Gasteiger partial charge on any atom is 0.241 e. The highest BCUT2D eigenvalue weighted by Gasteiger charge is 2.08. The van der Waals surface area contributed by atoms with Crippen molar-refractivity contribution < 1.29 is 4.79 Å². The zero-order valence-corrected chi connectivity index (χ0v) is 12.2. The molecule has 5 nitrogen and oxygen atoms in total. The van der Waals surface area contributed by atoms with Crippen molar-refractivity contribution in [2.45, 2.75) is 19.5 Å². The summed E-state index contributed by atoms with van der Waals surface area (Å²) in [5, 5.41) is 10.7. The molecule has 0 saturated carbocycles. The molecule has 1 unspecified atom stereocenters. The van der Waals surface area contributed by atoms with Crippen LogP contribution in [-0.2, 0) is 11.3 Å². The standard InChI is InChI=1S/C14H17ClN4O/c1-10(11-4-3-5-12(15)6-11)18-13-7-17-19(8-13)9-14(20)16-2/h3-8,10,18H,9H2,1-2H3,(H,16,20). The Balaban J connectivity index is 2.01. The SMILES string of the molecule is CNC(=O)Cn1cc(NC(C)c2cccc(Cl)c2)cn1. The average molecular weight is 293 g/mol. The molecule has 0 bridgehead atoms. The van der Waals surface area contributed by atoms with Crippen molar-refractivity contribution in [1.82, 2.24) is 15.1 Å². The fourth-order valence-electron chi connectivity index (χ4n) is 1.86. The summed E-state index contributed by atoms with van der Waals surface area (Å²) < 4.78 is 1.59. The maximum atomic E-state index is 11.3. The predicted molar refractivity (Wildman–Crippen MR) is 79.8 cm³/mol. The first kappa shape index (κ1) is 14.4. The van der Waals surface area contributed by atoms with Crippen LogP contribution < -0.4 is 10.6 Å². The van der Waals surface area contributed by atoms with Crippen molar-refractivity contribution in [1.29, 1.82) is 0 Å². The van der Waals surface area contributed by atoms with Crippen LogP contribution >= 0.6 is 11.6 Å². The molecular formula is C14H17ClN4O. The smallest absolute Gasteiger partial charge is 0.241 e. The molecule has 0 aliphatic rings. The Hall–Kier alpha value is -2.01. The molecule has 2 rings (SSSR count). The lowest BCUT2D eigenvalue weighted by atomic mass is 10.1. The molecular weight excluding hydrogens is 276 g/mol. The monoisotopic (exact) mass is 292 g/mol. The van der Waals surface area contributed by atoms with E-state index in [1.165, 1.54) is 0 Å². The van der Waals surface area contributed by atoms with E-state index in [1.807, 2.05) is 31.2 Å². The molecule has 0 radical (unpaired) electrons. The van der Waals surface area contributed by atoms with Crippen LogP contribution in [-0.4, -0.2) is 22.7 Å². The van der Waals surface area contributed by atoms with Gasteiger partial charge in [-0.1, -0.05) is 23.7 Å². The molecule has 0 saturated heterocycles. The van der Waals surface area contributed by atoms with E-state index in [4.69, 9.17) is 11.6 Å². The summed E-state index contributed by atoms with van der Waals surface area (Å²) in [5.74, 6) is -0.0810. The highest BCUT2D eigenvalue weighted by atomic mass is 35.5. The molecule has 1 aromatic carbocycles. The number of amides is 1. The molecule has 0 aliphatic heterocycles. The van der Waals surface area contributed by atoms with Crippen LogP contribution in [0.15, 0.2) is 36.7 Å². The maximum absolute atomic E-state index is 11.3. The Morgan fingerprint density at radius 1 is 1.50 bits per heavy atom. The summed E-state index contributed by atoms with van der Waals surface area (Å²) in [6, 6.07) is 7.81. The van der Waals surface area contributed by atoms with Gasteiger partial charge in [0.05, 0.1) is 11.9 Å². The Labute approximate surface area is 122 Å². The van der Waals surface area contributed by atoms with Gasteiger partial charge >= 0.3 is 0 Å². The van der Waals surface area contributed by atoms with Crippen molar-refractivity contribution in [3.05, 3.63) is 47.2 Å². The number of carbonyl (C=O) groups is 1. The second kappa shape index (κ2) is 6.43. The number of rotatable bonds is 5. The molecule has 1 atom stereocenters. The van der Waals surface area contributed by atoms with Gasteiger partial charge in [-0.25, -0.2) is 0 Å². The zero-order chi connectivity index (χ0) is 14.5. The molecule has 0 fully saturated rings. The number of nitrogens with zero attached hydrogens (tertiary/aromatic N) is 2. The third kappa shape index (κ3) is 3.74. The minimum atomic E-state index is -0.0810. The summed E-state index contributed by atoms with van der Waals surface area (Å²) >= 11 is 5.98. The normalized spacial score (nSPS) is 11.9. The topological polar surface area (TPSA) is 59.0 Å². The van der Waals surface area contributed by atoms with Gasteiger partial charge in [-0.2, -0.15) is 5.10 Å². The van der Waals surface area contributed by atoms with E-state index in [0.29, 0.717) is 5.02 Å². The largest absolute Gasteiger partial charge is 0.376 e. The minimum Gasteiger partial charge on any atom is -0.376 e. The summed E-state index contributed by atoms with van der Waals surface area (Å²) in [4.78, 5) is 11.3. The van der Waals surface area contributed by atoms with Gasteiger partial charge in [0.15, 0.2) is 0 Å². The van der Waals surface area contributed by atoms with Crippen molar-refractivity contribution in [3.8, 4) is 0 Å². The van der Waals surface area contributed by atoms with Gasteiger partial charge in [0.2, 0.25) is 5.91 Å². The van der Waals surface area contributed by atoms with Gasteiger partial charge < -0.3 is 10.6 Å². The molecule has 6 heteroatoms. The van der Waals surface area contributed by atoms with Crippen LogP contribution in [0.4, 0.5) is 5.69 Å². The summed E-state index contributed by atoms with van der Waals surface area (Å²) in [7, 11) is 1.60. The van der Waals surface area contributed by atoms with Gasteiger partial charge in [0, 0.05) is 24.3 Å². The molecule has 2 N–H and O–H groups in total. The number of likely N-dealkylation sites (N-methyl/N-ethyl adjacent to an activating group) is 1. The van der Waals surface area contributed by atoms with Crippen molar-refractivity contribution in [2.75, 3.05) is 12.4 Å². The lowest BCUT2D eigenvalue weighted by molar-refractivity contribution is -0.121. The Bertz CT molecular complexity index is 596. The summed E-state index contributed by atoms with van der Waals surface area (Å²) in [6.07, 6.45) is 3.50. The molecule has 0 aliphatic carbocycles. The van der Waals surface area contributed by atoms with Crippen LogP contribution in [0.1, 0.15) is 18.5 Å². The lowest BCUT2D eigenvalue weighted by Gasteiger charge is -2.14. The van der Waals surface area contributed by atoms with E-state index in [0.717, 1.165) is 11.3 Å². The third-order valence-electron chi connectivity index (χ3n) is 2.95. The van der Waals surface area contributed by atoms with E-state index >= 15 is 0 Å². The second-order valence-corrected chi connectivity index (χ2v) is 4.96. The number of anilines is 1.